The number of hydrogen-bond donors (Lipinski definition) is 1. The second-order valence-corrected chi connectivity index (χ2v) is 3.14. The Morgan fingerprint density at radius 1 is 1.40 bits per heavy atom. The van der Waals surface area contributed by atoms with Crippen molar-refractivity contribution in [3.8, 4) is 17.1 Å². The van der Waals surface area contributed by atoms with Crippen LogP contribution in [0.25, 0.3) is 11.3 Å². The summed E-state index contributed by atoms with van der Waals surface area (Å²) < 4.78 is 4.96. The molecule has 1 heterocycles. The molecule has 0 aliphatic rings. The summed E-state index contributed by atoms with van der Waals surface area (Å²) in [6.45, 7) is 1.43. The van der Waals surface area contributed by atoms with E-state index in [0.717, 1.165) is 0 Å². The van der Waals surface area contributed by atoms with Gasteiger partial charge >= 0.3 is 0 Å². The smallest absolute Gasteiger partial charge is 0.181 e. The van der Waals surface area contributed by atoms with E-state index in [0.29, 0.717) is 16.9 Å². The highest BCUT2D eigenvalue weighted by atomic mass is 16.5. The Bertz CT molecular complexity index is 502. The lowest BCUT2D eigenvalue weighted by Gasteiger charge is -2.00. The lowest BCUT2D eigenvalue weighted by Crippen LogP contribution is -1.91. The maximum atomic E-state index is 11.2. The minimum atomic E-state index is -0.144. The average Bonchev–Trinajstić information content (AvgIpc) is 2.67. The first-order chi connectivity index (χ1) is 7.20. The molecule has 0 atom stereocenters. The van der Waals surface area contributed by atoms with E-state index >= 15 is 0 Å². The monoisotopic (exact) mass is 203 g/mol. The van der Waals surface area contributed by atoms with Gasteiger partial charge in [-0.3, -0.25) is 4.79 Å². The third kappa shape index (κ3) is 1.61. The van der Waals surface area contributed by atoms with Gasteiger partial charge in [0.05, 0.1) is 17.3 Å². The van der Waals surface area contributed by atoms with Crippen molar-refractivity contribution in [3.05, 3.63) is 36.0 Å². The van der Waals surface area contributed by atoms with E-state index in [1.807, 2.05) is 0 Å². The Morgan fingerprint density at radius 3 is 2.80 bits per heavy atom. The Balaban J connectivity index is 2.59. The molecular formula is C11H9NO3. The number of Topliss-reactive ketones (excluding diaryl/α,β-unsaturated/α-hetero) is 1. The minimum absolute atomic E-state index is 0.0664. The molecule has 0 aliphatic carbocycles. The van der Waals surface area contributed by atoms with Gasteiger partial charge in [0.2, 0.25) is 0 Å². The molecule has 4 heteroatoms. The van der Waals surface area contributed by atoms with Crippen LogP contribution in [0.5, 0.6) is 5.75 Å². The zero-order valence-corrected chi connectivity index (χ0v) is 8.10. The van der Waals surface area contributed by atoms with Gasteiger partial charge in [-0.15, -0.1) is 0 Å². The van der Waals surface area contributed by atoms with Gasteiger partial charge in [0.15, 0.2) is 11.5 Å². The fourth-order valence-electron chi connectivity index (χ4n) is 1.35. The van der Waals surface area contributed by atoms with Crippen LogP contribution in [0, 0.1) is 0 Å². The third-order valence-corrected chi connectivity index (χ3v) is 2.10. The molecule has 15 heavy (non-hydrogen) atoms. The Morgan fingerprint density at radius 2 is 2.13 bits per heavy atom. The molecule has 0 bridgehead atoms. The SMILES string of the molecule is CC(=O)c1cnoc1-c1ccccc1O. The number of nitrogens with zero attached hydrogens (tertiary/aromatic N) is 1. The van der Waals surface area contributed by atoms with Gasteiger partial charge in [0.25, 0.3) is 0 Å². The number of phenolic OH excluding ortho intramolecular Hbond substituents is 1. The standard InChI is InChI=1S/C11H9NO3/c1-7(13)9-6-12-15-11(9)8-4-2-3-5-10(8)14/h2-6,14H,1H3. The number of rotatable bonds is 2. The lowest BCUT2D eigenvalue weighted by atomic mass is 10.1. The molecule has 0 unspecified atom stereocenters. The Labute approximate surface area is 86.1 Å². The second kappa shape index (κ2) is 3.57. The quantitative estimate of drug-likeness (QED) is 0.760. The number of phenols is 1. The first-order valence-electron chi connectivity index (χ1n) is 4.44. The molecule has 0 saturated heterocycles. The number of aromatic hydroxyl groups is 1. The van der Waals surface area contributed by atoms with Crippen molar-refractivity contribution in [3.63, 3.8) is 0 Å². The van der Waals surface area contributed by atoms with Crippen molar-refractivity contribution >= 4 is 5.78 Å². The largest absolute Gasteiger partial charge is 0.507 e. The highest BCUT2D eigenvalue weighted by Gasteiger charge is 2.16. The molecule has 2 rings (SSSR count). The molecule has 2 aromatic rings. The van der Waals surface area contributed by atoms with Crippen LogP contribution in [0.1, 0.15) is 17.3 Å². The molecule has 1 N–H and O–H groups in total. The molecule has 4 nitrogen and oxygen atoms in total. The van der Waals surface area contributed by atoms with E-state index in [4.69, 9.17) is 4.52 Å². The second-order valence-electron chi connectivity index (χ2n) is 3.14. The predicted octanol–water partition coefficient (Wildman–Crippen LogP) is 2.25. The van der Waals surface area contributed by atoms with Gasteiger partial charge in [-0.05, 0) is 19.1 Å². The van der Waals surface area contributed by atoms with Crippen molar-refractivity contribution in [2.24, 2.45) is 0 Å². The fraction of sp³-hybridized carbons (Fsp3) is 0.0909. The first kappa shape index (κ1) is 9.45. The summed E-state index contributed by atoms with van der Waals surface area (Å²) in [5, 5.41) is 13.1. The summed E-state index contributed by atoms with van der Waals surface area (Å²) in [4.78, 5) is 11.2. The molecule has 0 radical (unpaired) electrons. The normalized spacial score (nSPS) is 10.2. The van der Waals surface area contributed by atoms with E-state index < -0.39 is 0 Å². The highest BCUT2D eigenvalue weighted by Crippen LogP contribution is 2.31. The van der Waals surface area contributed by atoms with E-state index in [1.54, 1.807) is 18.2 Å². The average molecular weight is 203 g/mol. The van der Waals surface area contributed by atoms with Crippen molar-refractivity contribution < 1.29 is 14.4 Å². The van der Waals surface area contributed by atoms with Crippen molar-refractivity contribution in [2.45, 2.75) is 6.92 Å². The van der Waals surface area contributed by atoms with E-state index in [-0.39, 0.29) is 11.5 Å². The van der Waals surface area contributed by atoms with Crippen LogP contribution in [0.2, 0.25) is 0 Å². The summed E-state index contributed by atoms with van der Waals surface area (Å²) >= 11 is 0. The van der Waals surface area contributed by atoms with Crippen LogP contribution in [0.3, 0.4) is 0 Å². The van der Waals surface area contributed by atoms with Crippen molar-refractivity contribution in [1.82, 2.24) is 5.16 Å². The predicted molar refractivity (Wildman–Crippen MR) is 53.6 cm³/mol. The molecule has 1 aromatic carbocycles. The number of para-hydroxylation sites is 1. The number of ketones is 1. The van der Waals surface area contributed by atoms with Crippen molar-refractivity contribution in [1.29, 1.82) is 0 Å². The van der Waals surface area contributed by atoms with Gasteiger partial charge in [0, 0.05) is 0 Å². The number of aromatic nitrogens is 1. The number of carbonyl (C=O) groups excluding carboxylic acids is 1. The molecule has 0 saturated carbocycles. The van der Waals surface area contributed by atoms with E-state index in [9.17, 15) is 9.90 Å². The minimum Gasteiger partial charge on any atom is -0.507 e. The van der Waals surface area contributed by atoms with Crippen LogP contribution < -0.4 is 0 Å². The summed E-state index contributed by atoms with van der Waals surface area (Å²) in [6.07, 6.45) is 1.35. The molecular weight excluding hydrogens is 194 g/mol. The van der Waals surface area contributed by atoms with Gasteiger partial charge in [-0.2, -0.15) is 0 Å². The van der Waals surface area contributed by atoms with Gasteiger partial charge in [-0.25, -0.2) is 0 Å². The number of benzene rings is 1. The Kier molecular flexibility index (Phi) is 2.25. The maximum Gasteiger partial charge on any atom is 0.181 e. The molecule has 76 valence electrons. The number of carbonyl (C=O) groups is 1. The summed E-state index contributed by atoms with van der Waals surface area (Å²) in [5.41, 5.74) is 0.844. The van der Waals surface area contributed by atoms with Gasteiger partial charge in [-0.1, -0.05) is 17.3 Å². The lowest BCUT2D eigenvalue weighted by molar-refractivity contribution is 0.101. The van der Waals surface area contributed by atoms with Crippen LogP contribution in [-0.2, 0) is 0 Å². The van der Waals surface area contributed by atoms with Crippen LogP contribution >= 0.6 is 0 Å². The van der Waals surface area contributed by atoms with Crippen LogP contribution in [-0.4, -0.2) is 16.0 Å². The van der Waals surface area contributed by atoms with Gasteiger partial charge < -0.3 is 9.63 Å². The van der Waals surface area contributed by atoms with Crippen LogP contribution in [0.15, 0.2) is 35.0 Å². The van der Waals surface area contributed by atoms with E-state index in [1.165, 1.54) is 19.2 Å². The summed E-state index contributed by atoms with van der Waals surface area (Å²) in [5.74, 6) is 0.229. The third-order valence-electron chi connectivity index (χ3n) is 2.10. The van der Waals surface area contributed by atoms with Crippen molar-refractivity contribution in [2.75, 3.05) is 0 Å². The first-order valence-corrected chi connectivity index (χ1v) is 4.44. The zero-order valence-electron chi connectivity index (χ0n) is 8.10. The summed E-state index contributed by atoms with van der Waals surface area (Å²) in [6, 6.07) is 6.65. The topological polar surface area (TPSA) is 63.3 Å². The molecule has 0 fully saturated rings. The molecule has 1 aromatic heterocycles. The van der Waals surface area contributed by atoms with Crippen LogP contribution in [0.4, 0.5) is 0 Å². The Hall–Kier alpha value is -2.10. The molecule has 0 aliphatic heterocycles. The zero-order chi connectivity index (χ0) is 10.8. The fourth-order valence-corrected chi connectivity index (χ4v) is 1.35. The maximum absolute atomic E-state index is 11.2. The van der Waals surface area contributed by atoms with Gasteiger partial charge in [0.1, 0.15) is 5.75 Å². The number of hydrogen-bond acceptors (Lipinski definition) is 4. The molecule has 0 amide bonds. The summed E-state index contributed by atoms with van der Waals surface area (Å²) in [7, 11) is 0. The van der Waals surface area contributed by atoms with E-state index in [2.05, 4.69) is 5.16 Å². The molecule has 0 spiro atoms. The highest BCUT2D eigenvalue weighted by molar-refractivity contribution is 5.99.